The van der Waals surface area contributed by atoms with Crippen LogP contribution in [-0.4, -0.2) is 42.7 Å². The molecule has 1 saturated carbocycles. The van der Waals surface area contributed by atoms with E-state index in [-0.39, 0.29) is 16.7 Å². The normalized spacial score (nSPS) is 18.9. The summed E-state index contributed by atoms with van der Waals surface area (Å²) in [6, 6.07) is 9.26. The number of piperidine rings is 1. The zero-order chi connectivity index (χ0) is 19.7. The molecule has 0 spiro atoms. The van der Waals surface area contributed by atoms with Crippen molar-refractivity contribution in [2.75, 3.05) is 13.1 Å². The van der Waals surface area contributed by atoms with Gasteiger partial charge in [0.1, 0.15) is 5.82 Å². The molecular weight excluding hydrogens is 399 g/mol. The van der Waals surface area contributed by atoms with Crippen molar-refractivity contribution in [1.82, 2.24) is 9.21 Å². The van der Waals surface area contributed by atoms with Crippen LogP contribution >= 0.6 is 11.3 Å². The van der Waals surface area contributed by atoms with E-state index in [1.807, 2.05) is 22.4 Å². The molecule has 8 heteroatoms. The van der Waals surface area contributed by atoms with Gasteiger partial charge >= 0.3 is 0 Å². The van der Waals surface area contributed by atoms with E-state index in [4.69, 9.17) is 0 Å². The highest BCUT2D eigenvalue weighted by molar-refractivity contribution is 7.89. The Hall–Kier alpha value is -1.77. The number of hydrogen-bond acceptors (Lipinski definition) is 4. The van der Waals surface area contributed by atoms with Gasteiger partial charge in [-0.2, -0.15) is 4.31 Å². The number of rotatable bonds is 6. The molecule has 4 rings (SSSR count). The van der Waals surface area contributed by atoms with E-state index in [1.54, 1.807) is 11.3 Å². The first-order valence-corrected chi connectivity index (χ1v) is 11.9. The Balaban J connectivity index is 1.40. The largest absolute Gasteiger partial charge is 0.334 e. The highest BCUT2D eigenvalue weighted by Gasteiger charge is 2.38. The van der Waals surface area contributed by atoms with Crippen LogP contribution in [-0.2, 0) is 21.4 Å². The van der Waals surface area contributed by atoms with Gasteiger partial charge in [0.05, 0.1) is 11.4 Å². The molecule has 1 aromatic heterocycles. The minimum absolute atomic E-state index is 0.0935. The Morgan fingerprint density at radius 2 is 1.79 bits per heavy atom. The average molecular weight is 423 g/mol. The predicted molar refractivity (Wildman–Crippen MR) is 106 cm³/mol. The quantitative estimate of drug-likeness (QED) is 0.716. The van der Waals surface area contributed by atoms with E-state index >= 15 is 0 Å². The van der Waals surface area contributed by atoms with Crippen LogP contribution in [0.3, 0.4) is 0 Å². The summed E-state index contributed by atoms with van der Waals surface area (Å²) in [6.07, 6.45) is 3.14. The van der Waals surface area contributed by atoms with Crippen LogP contribution in [0.2, 0.25) is 0 Å². The molecule has 1 saturated heterocycles. The second-order valence-electron chi connectivity index (χ2n) is 7.41. The average Bonchev–Trinajstić information content (AvgIpc) is 3.41. The van der Waals surface area contributed by atoms with Gasteiger partial charge in [-0.25, -0.2) is 12.8 Å². The number of halogens is 1. The number of nitrogens with zero attached hydrogens (tertiary/aromatic N) is 2. The van der Waals surface area contributed by atoms with Gasteiger partial charge in [-0.1, -0.05) is 6.07 Å². The second kappa shape index (κ2) is 7.93. The van der Waals surface area contributed by atoms with Crippen LogP contribution in [0.5, 0.6) is 0 Å². The van der Waals surface area contributed by atoms with Crippen molar-refractivity contribution in [3.63, 3.8) is 0 Å². The summed E-state index contributed by atoms with van der Waals surface area (Å²) in [7, 11) is -3.65. The van der Waals surface area contributed by atoms with Crippen molar-refractivity contribution >= 4 is 27.3 Å². The van der Waals surface area contributed by atoms with E-state index in [0.29, 0.717) is 38.5 Å². The lowest BCUT2D eigenvalue weighted by Gasteiger charge is -2.33. The Morgan fingerprint density at radius 1 is 1.11 bits per heavy atom. The Morgan fingerprint density at radius 3 is 2.36 bits per heavy atom. The predicted octanol–water partition coefficient (Wildman–Crippen LogP) is 3.48. The van der Waals surface area contributed by atoms with Crippen LogP contribution in [0.1, 0.15) is 30.6 Å². The van der Waals surface area contributed by atoms with Crippen LogP contribution in [0.4, 0.5) is 4.39 Å². The van der Waals surface area contributed by atoms with E-state index < -0.39 is 15.8 Å². The topological polar surface area (TPSA) is 57.7 Å². The van der Waals surface area contributed by atoms with Crippen molar-refractivity contribution in [3.8, 4) is 0 Å². The number of benzene rings is 1. The van der Waals surface area contributed by atoms with Crippen LogP contribution in [0.15, 0.2) is 46.7 Å². The molecule has 0 radical (unpaired) electrons. The van der Waals surface area contributed by atoms with Crippen molar-refractivity contribution in [1.29, 1.82) is 0 Å². The van der Waals surface area contributed by atoms with E-state index in [9.17, 15) is 17.6 Å². The molecule has 2 heterocycles. The maximum atomic E-state index is 13.1. The molecule has 2 aliphatic rings. The number of thiophene rings is 1. The lowest BCUT2D eigenvalue weighted by atomic mass is 9.96. The van der Waals surface area contributed by atoms with Crippen LogP contribution in [0.25, 0.3) is 0 Å². The smallest absolute Gasteiger partial charge is 0.243 e. The maximum Gasteiger partial charge on any atom is 0.243 e. The minimum Gasteiger partial charge on any atom is -0.334 e. The summed E-state index contributed by atoms with van der Waals surface area (Å²) in [6.45, 7) is 1.27. The van der Waals surface area contributed by atoms with Crippen molar-refractivity contribution < 1.29 is 17.6 Å². The zero-order valence-corrected chi connectivity index (χ0v) is 17.1. The molecule has 0 unspecified atom stereocenters. The fourth-order valence-electron chi connectivity index (χ4n) is 3.68. The first-order chi connectivity index (χ1) is 13.4. The van der Waals surface area contributed by atoms with Gasteiger partial charge in [0, 0.05) is 29.9 Å². The van der Waals surface area contributed by atoms with Crippen molar-refractivity contribution in [3.05, 3.63) is 52.5 Å². The summed E-state index contributed by atoms with van der Waals surface area (Å²) in [5, 5.41) is 2.02. The number of carbonyl (C=O) groups is 1. The lowest BCUT2D eigenvalue weighted by molar-refractivity contribution is -0.138. The monoisotopic (exact) mass is 422 g/mol. The van der Waals surface area contributed by atoms with Crippen molar-refractivity contribution in [2.24, 2.45) is 5.92 Å². The standard InChI is InChI=1S/C20H23FN2O3S2/c21-16-3-7-19(8-4-16)28(25,26)22-11-9-15(10-12-22)20(24)23(17-5-6-17)14-18-2-1-13-27-18/h1-4,7-8,13,15,17H,5-6,9-12,14H2. The fourth-order valence-corrected chi connectivity index (χ4v) is 5.85. The molecule has 28 heavy (non-hydrogen) atoms. The van der Waals surface area contributed by atoms with Gasteiger partial charge in [0.25, 0.3) is 0 Å². The zero-order valence-electron chi connectivity index (χ0n) is 15.5. The number of sulfonamides is 1. The molecule has 1 aliphatic carbocycles. The molecule has 5 nitrogen and oxygen atoms in total. The first-order valence-electron chi connectivity index (χ1n) is 9.54. The number of carbonyl (C=O) groups excluding carboxylic acids is 1. The first kappa shape index (κ1) is 19.5. The summed E-state index contributed by atoms with van der Waals surface area (Å²) in [4.78, 5) is 16.3. The van der Waals surface area contributed by atoms with Gasteiger partial charge in [-0.3, -0.25) is 4.79 Å². The molecule has 1 aromatic carbocycles. The minimum atomic E-state index is -3.65. The summed E-state index contributed by atoms with van der Waals surface area (Å²) >= 11 is 1.65. The lowest BCUT2D eigenvalue weighted by Crippen LogP contribution is -2.44. The van der Waals surface area contributed by atoms with E-state index in [0.717, 1.165) is 25.0 Å². The van der Waals surface area contributed by atoms with Gasteiger partial charge < -0.3 is 4.90 Å². The Bertz CT molecular complexity index is 917. The van der Waals surface area contributed by atoms with Gasteiger partial charge in [0.15, 0.2) is 0 Å². The third kappa shape index (κ3) is 4.14. The summed E-state index contributed by atoms with van der Waals surface area (Å²) < 4.78 is 40.0. The molecule has 2 aromatic rings. The molecule has 0 atom stereocenters. The Kier molecular flexibility index (Phi) is 5.53. The third-order valence-corrected chi connectivity index (χ3v) is 8.21. The third-order valence-electron chi connectivity index (χ3n) is 5.43. The van der Waals surface area contributed by atoms with Crippen molar-refractivity contribution in [2.45, 2.75) is 43.2 Å². The van der Waals surface area contributed by atoms with Gasteiger partial charge in [0.2, 0.25) is 15.9 Å². The molecule has 0 N–H and O–H groups in total. The van der Waals surface area contributed by atoms with E-state index in [2.05, 4.69) is 0 Å². The maximum absolute atomic E-state index is 13.1. The molecule has 150 valence electrons. The SMILES string of the molecule is O=C(C1CCN(S(=O)(=O)c2ccc(F)cc2)CC1)N(Cc1cccs1)C1CC1. The molecule has 1 amide bonds. The molecule has 0 bridgehead atoms. The van der Waals surface area contributed by atoms with E-state index in [1.165, 1.54) is 21.3 Å². The second-order valence-corrected chi connectivity index (χ2v) is 10.4. The highest BCUT2D eigenvalue weighted by atomic mass is 32.2. The fraction of sp³-hybridized carbons (Fsp3) is 0.450. The van der Waals surface area contributed by atoms with Crippen LogP contribution < -0.4 is 0 Å². The Labute approximate surface area is 168 Å². The molecule has 1 aliphatic heterocycles. The summed E-state index contributed by atoms with van der Waals surface area (Å²) in [5.41, 5.74) is 0. The number of amides is 1. The highest BCUT2D eigenvalue weighted by Crippen LogP contribution is 2.33. The summed E-state index contributed by atoms with van der Waals surface area (Å²) in [5.74, 6) is -0.455. The van der Waals surface area contributed by atoms with Crippen LogP contribution in [0, 0.1) is 11.7 Å². The molecular formula is C20H23FN2O3S2. The molecule has 2 fully saturated rings. The van der Waals surface area contributed by atoms with Gasteiger partial charge in [-0.15, -0.1) is 11.3 Å². The number of hydrogen-bond donors (Lipinski definition) is 0. The van der Waals surface area contributed by atoms with Gasteiger partial charge in [-0.05, 0) is 61.4 Å².